The molecule has 10 heteroatoms. The molecule has 1 saturated carbocycles. The maximum absolute atomic E-state index is 6.39. The fourth-order valence-corrected chi connectivity index (χ4v) is 5.02. The van der Waals surface area contributed by atoms with Gasteiger partial charge in [0.2, 0.25) is 0 Å². The summed E-state index contributed by atoms with van der Waals surface area (Å²) in [6.07, 6.45) is 9.64. The zero-order valence-corrected chi connectivity index (χ0v) is 18.7. The molecule has 4 aromatic heterocycles. The third-order valence-corrected chi connectivity index (χ3v) is 7.04. The van der Waals surface area contributed by atoms with Crippen molar-refractivity contribution in [2.75, 3.05) is 18.9 Å². The maximum Gasteiger partial charge on any atom is 0.152 e. The lowest BCUT2D eigenvalue weighted by atomic mass is 10.1. The van der Waals surface area contributed by atoms with E-state index >= 15 is 0 Å². The first-order chi connectivity index (χ1) is 16.8. The summed E-state index contributed by atoms with van der Waals surface area (Å²) in [5.41, 5.74) is 12.1. The van der Waals surface area contributed by atoms with Crippen LogP contribution in [0.15, 0.2) is 43.0 Å². The number of hydrogen-bond donors (Lipinski definition) is 1. The van der Waals surface area contributed by atoms with Gasteiger partial charge in [-0.25, -0.2) is 14.2 Å². The van der Waals surface area contributed by atoms with Crippen LogP contribution in [0.2, 0.25) is 0 Å². The summed E-state index contributed by atoms with van der Waals surface area (Å²) >= 11 is 0. The van der Waals surface area contributed by atoms with Crippen molar-refractivity contribution in [2.24, 2.45) is 5.92 Å². The van der Waals surface area contributed by atoms with Gasteiger partial charge in [-0.1, -0.05) is 17.3 Å². The molecule has 5 heterocycles. The van der Waals surface area contributed by atoms with E-state index in [4.69, 9.17) is 10.5 Å². The Balaban J connectivity index is 1.39. The van der Waals surface area contributed by atoms with Crippen LogP contribution >= 0.6 is 0 Å². The number of nitrogens with two attached hydrogens (primary N) is 1. The minimum Gasteiger partial charge on any atom is -0.382 e. The van der Waals surface area contributed by atoms with Crippen molar-refractivity contribution in [3.05, 3.63) is 43.0 Å². The molecular weight excluding hydrogens is 430 g/mol. The van der Waals surface area contributed by atoms with E-state index in [0.717, 1.165) is 77.5 Å². The second-order valence-electron chi connectivity index (χ2n) is 9.30. The van der Waals surface area contributed by atoms with E-state index in [1.165, 1.54) is 19.2 Å². The van der Waals surface area contributed by atoms with Crippen LogP contribution in [0.3, 0.4) is 0 Å². The van der Waals surface area contributed by atoms with Crippen LogP contribution < -0.4 is 5.73 Å². The number of fused-ring (bicyclic) bond motifs is 2. The minimum atomic E-state index is 0.239. The number of aromatic nitrogens is 8. The van der Waals surface area contributed by atoms with E-state index in [9.17, 15) is 0 Å². The molecule has 34 heavy (non-hydrogen) atoms. The molecule has 1 aliphatic carbocycles. The number of ether oxygens (including phenoxy) is 1. The molecule has 1 saturated heterocycles. The Morgan fingerprint density at radius 3 is 2.74 bits per heavy atom. The van der Waals surface area contributed by atoms with E-state index in [1.807, 2.05) is 15.4 Å². The van der Waals surface area contributed by atoms with Gasteiger partial charge in [-0.3, -0.25) is 4.68 Å². The summed E-state index contributed by atoms with van der Waals surface area (Å²) in [4.78, 5) is 4.28. The third kappa shape index (κ3) is 3.17. The van der Waals surface area contributed by atoms with Gasteiger partial charge in [-0.05, 0) is 43.7 Å². The number of hydrogen-bond acceptors (Lipinski definition) is 7. The average molecular weight is 456 g/mol. The van der Waals surface area contributed by atoms with Crippen molar-refractivity contribution in [3.8, 4) is 22.5 Å². The highest BCUT2D eigenvalue weighted by atomic mass is 16.5. The Morgan fingerprint density at radius 1 is 1.00 bits per heavy atom. The van der Waals surface area contributed by atoms with Crippen molar-refractivity contribution < 1.29 is 4.74 Å². The van der Waals surface area contributed by atoms with Crippen LogP contribution in [-0.2, 0) is 11.3 Å². The van der Waals surface area contributed by atoms with Gasteiger partial charge >= 0.3 is 0 Å². The van der Waals surface area contributed by atoms with Gasteiger partial charge in [0.1, 0.15) is 11.8 Å². The first-order valence-electron chi connectivity index (χ1n) is 11.8. The van der Waals surface area contributed by atoms with E-state index < -0.39 is 0 Å². The fourth-order valence-electron chi connectivity index (χ4n) is 5.02. The van der Waals surface area contributed by atoms with Crippen LogP contribution in [0.4, 0.5) is 5.82 Å². The lowest BCUT2D eigenvalue weighted by molar-refractivity contribution is 0.0662. The zero-order valence-electron chi connectivity index (χ0n) is 18.7. The Labute approximate surface area is 195 Å². The quantitative estimate of drug-likeness (QED) is 0.432. The van der Waals surface area contributed by atoms with E-state index in [2.05, 4.69) is 54.4 Å². The monoisotopic (exact) mass is 455 g/mol. The molecule has 7 rings (SSSR count). The maximum atomic E-state index is 6.39. The molecule has 0 unspecified atom stereocenters. The topological polar surface area (TPSA) is 114 Å². The zero-order chi connectivity index (χ0) is 22.6. The number of nitrogen functional groups attached to an aromatic ring is 1. The van der Waals surface area contributed by atoms with Gasteiger partial charge in [0.15, 0.2) is 5.82 Å². The average Bonchev–Trinajstić information content (AvgIpc) is 3.24. The van der Waals surface area contributed by atoms with Crippen molar-refractivity contribution in [3.63, 3.8) is 0 Å². The molecule has 5 aromatic rings. The molecule has 2 N–H and O–H groups in total. The Kier molecular flexibility index (Phi) is 4.41. The van der Waals surface area contributed by atoms with Crippen LogP contribution in [0.25, 0.3) is 38.9 Å². The first-order valence-corrected chi connectivity index (χ1v) is 11.8. The number of nitrogens with zero attached hydrogens (tertiary/aromatic N) is 8. The second kappa shape index (κ2) is 7.63. The molecule has 0 spiro atoms. The smallest absolute Gasteiger partial charge is 0.152 e. The molecule has 2 aliphatic rings. The Bertz CT molecular complexity index is 1500. The van der Waals surface area contributed by atoms with E-state index in [1.54, 1.807) is 6.20 Å². The van der Waals surface area contributed by atoms with Gasteiger partial charge in [0.05, 0.1) is 35.3 Å². The molecule has 1 aromatic carbocycles. The molecule has 0 radical (unpaired) electrons. The molecule has 1 aliphatic heterocycles. The fraction of sp³-hybridized carbons (Fsp3) is 0.375. The highest BCUT2D eigenvalue weighted by molar-refractivity contribution is 5.92. The molecule has 0 atom stereocenters. The molecule has 0 bridgehead atoms. The van der Waals surface area contributed by atoms with Crippen LogP contribution in [0, 0.1) is 5.92 Å². The van der Waals surface area contributed by atoms with E-state index in [-0.39, 0.29) is 6.04 Å². The van der Waals surface area contributed by atoms with Crippen LogP contribution in [0.1, 0.15) is 31.7 Å². The van der Waals surface area contributed by atoms with Crippen molar-refractivity contribution in [2.45, 2.75) is 38.3 Å². The predicted octanol–water partition coefficient (Wildman–Crippen LogP) is 3.35. The number of anilines is 1. The minimum absolute atomic E-state index is 0.239. The predicted molar refractivity (Wildman–Crippen MR) is 127 cm³/mol. The summed E-state index contributed by atoms with van der Waals surface area (Å²) in [5.74, 6) is 1.17. The second-order valence-corrected chi connectivity index (χ2v) is 9.30. The summed E-state index contributed by atoms with van der Waals surface area (Å²) in [6, 6.07) is 8.80. The molecule has 0 amide bonds. The Morgan fingerprint density at radius 2 is 1.88 bits per heavy atom. The first kappa shape index (κ1) is 19.7. The van der Waals surface area contributed by atoms with Crippen molar-refractivity contribution >= 4 is 22.2 Å². The lowest BCUT2D eigenvalue weighted by Crippen LogP contribution is -2.21. The Hall–Kier alpha value is -3.79. The van der Waals surface area contributed by atoms with Gasteiger partial charge < -0.3 is 10.5 Å². The van der Waals surface area contributed by atoms with E-state index in [0.29, 0.717) is 5.82 Å². The van der Waals surface area contributed by atoms with Crippen molar-refractivity contribution in [1.82, 2.24) is 39.4 Å². The highest BCUT2D eigenvalue weighted by Gasteiger charge is 2.25. The van der Waals surface area contributed by atoms with Crippen LogP contribution in [0.5, 0.6) is 0 Å². The standard InChI is InChI=1S/C24H25N9O/c25-24-23-19(22-12-27-30-32(22)18-5-7-34-8-6-18)10-21(33(23)29-14-26-24)16-3-4-17-11-28-31(20(17)9-16)13-15-1-2-15/h3-4,9-12,14-15,18H,1-2,5-8,13H2,(H2,25,26,29). The van der Waals surface area contributed by atoms with Gasteiger partial charge in [-0.2, -0.15) is 10.2 Å². The number of benzene rings is 1. The summed E-state index contributed by atoms with van der Waals surface area (Å²) in [5, 5.41) is 19.0. The summed E-state index contributed by atoms with van der Waals surface area (Å²) in [6.45, 7) is 2.43. The number of rotatable bonds is 5. The molecule has 172 valence electrons. The van der Waals surface area contributed by atoms with Gasteiger partial charge in [-0.15, -0.1) is 5.10 Å². The van der Waals surface area contributed by atoms with Crippen LogP contribution in [-0.4, -0.2) is 52.6 Å². The van der Waals surface area contributed by atoms with Crippen molar-refractivity contribution in [1.29, 1.82) is 0 Å². The summed E-state index contributed by atoms with van der Waals surface area (Å²) < 4.78 is 11.6. The third-order valence-electron chi connectivity index (χ3n) is 7.04. The normalized spacial score (nSPS) is 17.2. The largest absolute Gasteiger partial charge is 0.382 e. The molecule has 2 fully saturated rings. The molecule has 10 nitrogen and oxygen atoms in total. The lowest BCUT2D eigenvalue weighted by Gasteiger charge is -2.23. The van der Waals surface area contributed by atoms with Gasteiger partial charge in [0, 0.05) is 36.3 Å². The van der Waals surface area contributed by atoms with Gasteiger partial charge in [0.25, 0.3) is 0 Å². The highest BCUT2D eigenvalue weighted by Crippen LogP contribution is 2.37. The molecular formula is C24H25N9O. The SMILES string of the molecule is Nc1ncnn2c(-c3ccc4cnn(CC5CC5)c4c3)cc(-c3cnnn3C3CCOCC3)c12. The summed E-state index contributed by atoms with van der Waals surface area (Å²) in [7, 11) is 0.